The zero-order valence-electron chi connectivity index (χ0n) is 12.8. The lowest BCUT2D eigenvalue weighted by Crippen LogP contribution is -2.56. The summed E-state index contributed by atoms with van der Waals surface area (Å²) in [6.07, 6.45) is -4.57. The van der Waals surface area contributed by atoms with Crippen molar-refractivity contribution in [1.82, 2.24) is 5.01 Å². The fourth-order valence-electron chi connectivity index (χ4n) is 2.53. The smallest absolute Gasteiger partial charge is 0.362 e. The summed E-state index contributed by atoms with van der Waals surface area (Å²) in [5.41, 5.74) is -2.20. The summed E-state index contributed by atoms with van der Waals surface area (Å²) in [6, 6.07) is 8.98. The molecule has 126 valence electrons. The molecule has 0 saturated carbocycles. The topological polar surface area (TPSA) is 52.9 Å². The predicted molar refractivity (Wildman–Crippen MR) is 79.6 cm³/mol. The minimum Gasteiger partial charge on any atom is -0.362 e. The van der Waals surface area contributed by atoms with Crippen molar-refractivity contribution in [2.75, 3.05) is 0 Å². The van der Waals surface area contributed by atoms with Crippen molar-refractivity contribution in [3.8, 4) is 0 Å². The van der Waals surface area contributed by atoms with Crippen molar-refractivity contribution < 1.29 is 23.1 Å². The average Bonchev–Trinajstić information content (AvgIpc) is 2.84. The van der Waals surface area contributed by atoms with Crippen LogP contribution in [0.2, 0.25) is 0 Å². The number of carbonyl (C=O) groups excluding carboxylic acids is 1. The van der Waals surface area contributed by atoms with E-state index in [0.29, 0.717) is 19.3 Å². The summed E-state index contributed by atoms with van der Waals surface area (Å²) in [5.74, 6) is -0.834. The lowest BCUT2D eigenvalue weighted by atomic mass is 10.0. The molecule has 23 heavy (non-hydrogen) atoms. The number of carbonyl (C=O) groups is 1. The van der Waals surface area contributed by atoms with Gasteiger partial charge in [0.2, 0.25) is 5.91 Å². The molecule has 2 rings (SSSR count). The van der Waals surface area contributed by atoms with E-state index in [0.717, 1.165) is 5.56 Å². The fraction of sp³-hybridized carbons (Fsp3) is 0.500. The first kappa shape index (κ1) is 17.5. The van der Waals surface area contributed by atoms with E-state index in [2.05, 4.69) is 5.10 Å². The number of hydrazone groups is 1. The van der Waals surface area contributed by atoms with Crippen molar-refractivity contribution in [3.63, 3.8) is 0 Å². The van der Waals surface area contributed by atoms with Crippen molar-refractivity contribution in [3.05, 3.63) is 35.9 Å². The first-order valence-corrected chi connectivity index (χ1v) is 7.50. The summed E-state index contributed by atoms with van der Waals surface area (Å²) < 4.78 is 39.6. The number of alkyl halides is 3. The molecular weight excluding hydrogens is 309 g/mol. The van der Waals surface area contributed by atoms with Crippen LogP contribution in [0.3, 0.4) is 0 Å². The van der Waals surface area contributed by atoms with Crippen LogP contribution in [-0.2, 0) is 11.2 Å². The number of aliphatic hydroxyl groups is 1. The quantitative estimate of drug-likeness (QED) is 0.902. The Morgan fingerprint density at radius 2 is 1.96 bits per heavy atom. The van der Waals surface area contributed by atoms with Gasteiger partial charge in [0.05, 0.1) is 0 Å². The normalized spacial score (nSPS) is 21.4. The van der Waals surface area contributed by atoms with Gasteiger partial charge in [0, 0.05) is 18.6 Å². The van der Waals surface area contributed by atoms with E-state index in [9.17, 15) is 23.1 Å². The first-order valence-electron chi connectivity index (χ1n) is 7.50. The molecule has 0 aliphatic carbocycles. The Bertz CT molecular complexity index is 587. The van der Waals surface area contributed by atoms with E-state index < -0.39 is 24.2 Å². The zero-order valence-corrected chi connectivity index (χ0v) is 12.8. The number of halogens is 3. The molecular formula is C16H19F3N2O2. The van der Waals surface area contributed by atoms with Gasteiger partial charge < -0.3 is 5.11 Å². The van der Waals surface area contributed by atoms with Crippen LogP contribution in [0, 0.1) is 0 Å². The SMILES string of the molecule is CCCC1=NN(C(=O)CCc2ccccc2)[C@@](O)(C(F)(F)F)C1. The number of aryl methyl sites for hydroxylation is 1. The molecule has 1 atom stereocenters. The highest BCUT2D eigenvalue weighted by molar-refractivity contribution is 5.90. The number of rotatable bonds is 5. The average molecular weight is 328 g/mol. The Morgan fingerprint density at radius 1 is 1.30 bits per heavy atom. The molecule has 1 aromatic carbocycles. The van der Waals surface area contributed by atoms with Crippen molar-refractivity contribution in [2.24, 2.45) is 5.10 Å². The fourth-order valence-corrected chi connectivity index (χ4v) is 2.53. The van der Waals surface area contributed by atoms with Crippen LogP contribution in [0.15, 0.2) is 35.4 Å². The number of nitrogens with zero attached hydrogens (tertiary/aromatic N) is 2. The van der Waals surface area contributed by atoms with Gasteiger partial charge in [0.25, 0.3) is 5.72 Å². The molecule has 7 heteroatoms. The Hall–Kier alpha value is -1.89. The number of hydrogen-bond donors (Lipinski definition) is 1. The van der Waals surface area contributed by atoms with Crippen LogP contribution in [0.1, 0.15) is 38.2 Å². The number of benzene rings is 1. The molecule has 1 aliphatic rings. The second-order valence-corrected chi connectivity index (χ2v) is 5.60. The second kappa shape index (κ2) is 6.70. The van der Waals surface area contributed by atoms with Gasteiger partial charge in [0.15, 0.2) is 0 Å². The minimum absolute atomic E-state index is 0.148. The molecule has 1 aromatic rings. The highest BCUT2D eigenvalue weighted by Crippen LogP contribution is 2.41. The third-order valence-electron chi connectivity index (χ3n) is 3.74. The molecule has 0 saturated heterocycles. The van der Waals surface area contributed by atoms with Crippen LogP contribution in [0.4, 0.5) is 13.2 Å². The van der Waals surface area contributed by atoms with E-state index in [1.54, 1.807) is 31.2 Å². The maximum absolute atomic E-state index is 13.2. The largest absolute Gasteiger partial charge is 0.438 e. The van der Waals surface area contributed by atoms with Crippen LogP contribution >= 0.6 is 0 Å². The van der Waals surface area contributed by atoms with Crippen LogP contribution in [-0.4, -0.2) is 33.6 Å². The Morgan fingerprint density at radius 3 is 2.52 bits per heavy atom. The monoisotopic (exact) mass is 328 g/mol. The lowest BCUT2D eigenvalue weighted by molar-refractivity contribution is -0.302. The summed E-state index contributed by atoms with van der Waals surface area (Å²) in [6.45, 7) is 1.80. The van der Waals surface area contributed by atoms with Gasteiger partial charge in [-0.1, -0.05) is 43.7 Å². The van der Waals surface area contributed by atoms with Gasteiger partial charge >= 0.3 is 6.18 Å². The van der Waals surface area contributed by atoms with Crippen LogP contribution in [0.25, 0.3) is 0 Å². The molecule has 0 radical (unpaired) electrons. The molecule has 0 fully saturated rings. The summed E-state index contributed by atoms with van der Waals surface area (Å²) >= 11 is 0. The van der Waals surface area contributed by atoms with Crippen molar-refractivity contribution in [2.45, 2.75) is 50.9 Å². The molecule has 0 unspecified atom stereocenters. The lowest BCUT2D eigenvalue weighted by Gasteiger charge is -2.32. The maximum atomic E-state index is 13.2. The maximum Gasteiger partial charge on any atom is 0.438 e. The molecule has 1 amide bonds. The van der Waals surface area contributed by atoms with E-state index in [1.807, 2.05) is 6.07 Å². The Balaban J connectivity index is 2.14. The van der Waals surface area contributed by atoms with Crippen molar-refractivity contribution >= 4 is 11.6 Å². The highest BCUT2D eigenvalue weighted by Gasteiger charge is 2.62. The van der Waals surface area contributed by atoms with Crippen LogP contribution < -0.4 is 0 Å². The van der Waals surface area contributed by atoms with E-state index in [1.165, 1.54) is 0 Å². The van der Waals surface area contributed by atoms with Gasteiger partial charge in [0.1, 0.15) is 0 Å². The van der Waals surface area contributed by atoms with Gasteiger partial charge in [-0.05, 0) is 18.4 Å². The van der Waals surface area contributed by atoms with Gasteiger partial charge in [-0.15, -0.1) is 0 Å². The zero-order chi connectivity index (χ0) is 17.1. The second-order valence-electron chi connectivity index (χ2n) is 5.60. The molecule has 1 N–H and O–H groups in total. The Kier molecular flexibility index (Phi) is 5.09. The third-order valence-corrected chi connectivity index (χ3v) is 3.74. The molecule has 0 spiro atoms. The Labute approximate surface area is 132 Å². The highest BCUT2D eigenvalue weighted by atomic mass is 19.4. The van der Waals surface area contributed by atoms with Gasteiger partial charge in [-0.25, -0.2) is 0 Å². The molecule has 1 heterocycles. The van der Waals surface area contributed by atoms with Gasteiger partial charge in [-0.3, -0.25) is 4.79 Å². The van der Waals surface area contributed by atoms with E-state index >= 15 is 0 Å². The summed E-state index contributed by atoms with van der Waals surface area (Å²) in [7, 11) is 0. The number of hydrogen-bond acceptors (Lipinski definition) is 3. The molecule has 1 aliphatic heterocycles. The van der Waals surface area contributed by atoms with E-state index in [4.69, 9.17) is 0 Å². The third kappa shape index (κ3) is 3.72. The van der Waals surface area contributed by atoms with Crippen molar-refractivity contribution in [1.29, 1.82) is 0 Å². The molecule has 0 bridgehead atoms. The standard InChI is InChI=1S/C16H19F3N2O2/c1-2-6-13-11-15(23,16(17,18)19)21(20-13)14(22)10-9-12-7-4-3-5-8-12/h3-5,7-8,23H,2,6,9-11H2,1H3/t15-/m0/s1. The summed E-state index contributed by atoms with van der Waals surface area (Å²) in [4.78, 5) is 12.2. The van der Waals surface area contributed by atoms with Crippen LogP contribution in [0.5, 0.6) is 0 Å². The van der Waals surface area contributed by atoms with Gasteiger partial charge in [-0.2, -0.15) is 23.3 Å². The first-order chi connectivity index (χ1) is 10.8. The van der Waals surface area contributed by atoms with E-state index in [-0.39, 0.29) is 17.1 Å². The molecule has 4 nitrogen and oxygen atoms in total. The predicted octanol–water partition coefficient (Wildman–Crippen LogP) is 3.26. The summed E-state index contributed by atoms with van der Waals surface area (Å²) in [5, 5.41) is 14.0. The number of amides is 1. The minimum atomic E-state index is -4.95. The molecule has 0 aromatic heterocycles.